The second kappa shape index (κ2) is 8.95. The lowest BCUT2D eigenvalue weighted by atomic mass is 10.2. The number of H-pyrrole nitrogens is 1. The van der Waals surface area contributed by atoms with Crippen molar-refractivity contribution in [2.45, 2.75) is 6.92 Å². The fourth-order valence-corrected chi connectivity index (χ4v) is 2.71. The minimum Gasteiger partial charge on any atom is -0.496 e. The van der Waals surface area contributed by atoms with Crippen LogP contribution in [0.2, 0.25) is 0 Å². The van der Waals surface area contributed by atoms with Gasteiger partial charge in [0.15, 0.2) is 5.82 Å². The Balaban J connectivity index is 1.85. The van der Waals surface area contributed by atoms with Crippen molar-refractivity contribution in [1.29, 1.82) is 0 Å². The van der Waals surface area contributed by atoms with Crippen molar-refractivity contribution in [3.05, 3.63) is 64.9 Å². The van der Waals surface area contributed by atoms with Crippen LogP contribution in [0.15, 0.2) is 59.7 Å². The van der Waals surface area contributed by atoms with Crippen molar-refractivity contribution >= 4 is 24.5 Å². The van der Waals surface area contributed by atoms with E-state index in [2.05, 4.69) is 15.3 Å². The van der Waals surface area contributed by atoms with E-state index in [0.717, 1.165) is 22.6 Å². The quantitative estimate of drug-likeness (QED) is 0.482. The van der Waals surface area contributed by atoms with E-state index in [0.29, 0.717) is 17.2 Å². The zero-order chi connectivity index (χ0) is 19.1. The SMILES string of the molecule is CCOc1cccc(-c2n[nH]c(=S)n2N=CC=Cc2ccccc2OC)c1. The Hall–Kier alpha value is -3.19. The van der Waals surface area contributed by atoms with Crippen molar-refractivity contribution in [3.63, 3.8) is 0 Å². The molecule has 0 bridgehead atoms. The van der Waals surface area contributed by atoms with Gasteiger partial charge in [0, 0.05) is 17.3 Å². The van der Waals surface area contributed by atoms with Crippen LogP contribution in [-0.2, 0) is 0 Å². The van der Waals surface area contributed by atoms with E-state index >= 15 is 0 Å². The molecule has 2 aromatic carbocycles. The Morgan fingerprint density at radius 1 is 1.22 bits per heavy atom. The molecule has 3 rings (SSSR count). The zero-order valence-electron chi connectivity index (χ0n) is 15.1. The van der Waals surface area contributed by atoms with Crippen LogP contribution in [0.25, 0.3) is 17.5 Å². The van der Waals surface area contributed by atoms with Crippen molar-refractivity contribution in [3.8, 4) is 22.9 Å². The molecule has 1 aromatic heterocycles. The van der Waals surface area contributed by atoms with Crippen LogP contribution < -0.4 is 9.47 Å². The lowest BCUT2D eigenvalue weighted by Gasteiger charge is -2.05. The molecule has 0 amide bonds. The molecule has 1 N–H and O–H groups in total. The van der Waals surface area contributed by atoms with Crippen LogP contribution in [0.3, 0.4) is 0 Å². The summed E-state index contributed by atoms with van der Waals surface area (Å²) in [6, 6.07) is 15.4. The molecule has 0 aliphatic rings. The highest BCUT2D eigenvalue weighted by atomic mass is 32.1. The molecule has 3 aromatic rings. The second-order valence-electron chi connectivity index (χ2n) is 5.49. The van der Waals surface area contributed by atoms with Crippen molar-refractivity contribution in [2.75, 3.05) is 13.7 Å². The Morgan fingerprint density at radius 2 is 2.07 bits per heavy atom. The van der Waals surface area contributed by atoms with Gasteiger partial charge in [-0.15, -0.1) is 0 Å². The first kappa shape index (κ1) is 18.6. The summed E-state index contributed by atoms with van der Waals surface area (Å²) in [6.07, 6.45) is 5.40. The molecule has 27 heavy (non-hydrogen) atoms. The standard InChI is InChI=1S/C20H20N4O2S/c1-3-26-17-11-6-9-16(14-17)19-22-23-20(27)24(19)21-13-7-10-15-8-4-5-12-18(15)25-2/h4-14H,3H2,1-2H3,(H,23,27). The monoisotopic (exact) mass is 380 g/mol. The van der Waals surface area contributed by atoms with Crippen molar-refractivity contribution in [2.24, 2.45) is 5.10 Å². The Bertz CT molecular complexity index is 1020. The van der Waals surface area contributed by atoms with Gasteiger partial charge in [-0.25, -0.2) is 5.10 Å². The molecule has 0 saturated heterocycles. The normalized spacial score (nSPS) is 11.3. The van der Waals surface area contributed by atoms with E-state index < -0.39 is 0 Å². The number of aromatic nitrogens is 3. The topological polar surface area (TPSA) is 64.4 Å². The number of methoxy groups -OCH3 is 1. The Morgan fingerprint density at radius 3 is 2.89 bits per heavy atom. The average Bonchev–Trinajstić information content (AvgIpc) is 3.06. The number of hydrogen-bond acceptors (Lipinski definition) is 5. The predicted octanol–water partition coefficient (Wildman–Crippen LogP) is 4.56. The molecule has 0 saturated carbocycles. The van der Waals surface area contributed by atoms with Crippen LogP contribution in [-0.4, -0.2) is 34.8 Å². The molecule has 1 heterocycles. The highest BCUT2D eigenvalue weighted by molar-refractivity contribution is 7.71. The Kier molecular flexibility index (Phi) is 6.17. The molecule has 0 spiro atoms. The molecule has 0 atom stereocenters. The average molecular weight is 380 g/mol. The van der Waals surface area contributed by atoms with Gasteiger partial charge in [-0.05, 0) is 49.5 Å². The first-order chi connectivity index (χ1) is 13.2. The lowest BCUT2D eigenvalue weighted by Crippen LogP contribution is -1.95. The van der Waals surface area contributed by atoms with Crippen LogP contribution in [0, 0.1) is 4.77 Å². The van der Waals surface area contributed by atoms with E-state index in [1.165, 1.54) is 0 Å². The molecular weight excluding hydrogens is 360 g/mol. The van der Waals surface area contributed by atoms with Crippen LogP contribution >= 0.6 is 12.2 Å². The summed E-state index contributed by atoms with van der Waals surface area (Å²) >= 11 is 5.30. The van der Waals surface area contributed by atoms with Gasteiger partial charge in [-0.2, -0.15) is 14.9 Å². The number of allylic oxidation sites excluding steroid dienone is 1. The smallest absolute Gasteiger partial charge is 0.216 e. The molecule has 0 radical (unpaired) electrons. The first-order valence-electron chi connectivity index (χ1n) is 8.47. The molecule has 0 unspecified atom stereocenters. The first-order valence-corrected chi connectivity index (χ1v) is 8.88. The summed E-state index contributed by atoms with van der Waals surface area (Å²) in [4.78, 5) is 0. The van der Waals surface area contributed by atoms with E-state index in [-0.39, 0.29) is 0 Å². The minimum atomic E-state index is 0.411. The third kappa shape index (κ3) is 4.51. The van der Waals surface area contributed by atoms with E-state index in [1.54, 1.807) is 18.0 Å². The largest absolute Gasteiger partial charge is 0.496 e. The molecular formula is C20H20N4O2S. The van der Waals surface area contributed by atoms with Gasteiger partial charge in [0.1, 0.15) is 11.5 Å². The van der Waals surface area contributed by atoms with Gasteiger partial charge < -0.3 is 9.47 Å². The fourth-order valence-electron chi connectivity index (χ4n) is 2.53. The molecule has 138 valence electrons. The molecule has 0 fully saturated rings. The van der Waals surface area contributed by atoms with Gasteiger partial charge in [0.05, 0.1) is 13.7 Å². The number of para-hydroxylation sites is 1. The van der Waals surface area contributed by atoms with Gasteiger partial charge in [0.2, 0.25) is 4.77 Å². The Labute approximate surface area is 162 Å². The molecule has 7 heteroatoms. The van der Waals surface area contributed by atoms with Crippen molar-refractivity contribution < 1.29 is 9.47 Å². The highest BCUT2D eigenvalue weighted by Gasteiger charge is 2.08. The van der Waals surface area contributed by atoms with E-state index in [4.69, 9.17) is 21.7 Å². The van der Waals surface area contributed by atoms with Gasteiger partial charge in [-0.3, -0.25) is 0 Å². The molecule has 6 nitrogen and oxygen atoms in total. The fraction of sp³-hybridized carbons (Fsp3) is 0.150. The summed E-state index contributed by atoms with van der Waals surface area (Å²) in [5, 5.41) is 11.5. The van der Waals surface area contributed by atoms with Gasteiger partial charge in [-0.1, -0.05) is 30.3 Å². The summed E-state index contributed by atoms with van der Waals surface area (Å²) in [5.41, 5.74) is 1.83. The van der Waals surface area contributed by atoms with E-state index in [1.807, 2.05) is 67.6 Å². The van der Waals surface area contributed by atoms with Crippen molar-refractivity contribution in [1.82, 2.24) is 14.9 Å². The van der Waals surface area contributed by atoms with Crippen LogP contribution in [0.1, 0.15) is 12.5 Å². The van der Waals surface area contributed by atoms with E-state index in [9.17, 15) is 0 Å². The maximum absolute atomic E-state index is 5.55. The summed E-state index contributed by atoms with van der Waals surface area (Å²) < 4.78 is 12.9. The number of nitrogens with one attached hydrogen (secondary N) is 1. The summed E-state index contributed by atoms with van der Waals surface area (Å²) in [6.45, 7) is 2.54. The number of aromatic amines is 1. The second-order valence-corrected chi connectivity index (χ2v) is 5.88. The third-order valence-corrected chi connectivity index (χ3v) is 4.00. The minimum absolute atomic E-state index is 0.411. The maximum Gasteiger partial charge on any atom is 0.216 e. The van der Waals surface area contributed by atoms with Crippen LogP contribution in [0.5, 0.6) is 11.5 Å². The van der Waals surface area contributed by atoms with Crippen LogP contribution in [0.4, 0.5) is 0 Å². The van der Waals surface area contributed by atoms with Gasteiger partial charge >= 0.3 is 0 Å². The lowest BCUT2D eigenvalue weighted by molar-refractivity contribution is 0.340. The summed E-state index contributed by atoms with van der Waals surface area (Å²) in [7, 11) is 1.65. The third-order valence-electron chi connectivity index (χ3n) is 3.74. The highest BCUT2D eigenvalue weighted by Crippen LogP contribution is 2.22. The zero-order valence-corrected chi connectivity index (χ0v) is 15.9. The number of benzene rings is 2. The number of ether oxygens (including phenoxy) is 2. The number of nitrogens with zero attached hydrogens (tertiary/aromatic N) is 3. The number of rotatable bonds is 7. The van der Waals surface area contributed by atoms with Gasteiger partial charge in [0.25, 0.3) is 0 Å². The maximum atomic E-state index is 5.55. The molecule has 0 aliphatic heterocycles. The number of hydrogen-bond donors (Lipinski definition) is 1. The predicted molar refractivity (Wildman–Crippen MR) is 110 cm³/mol. The molecule has 0 aliphatic carbocycles. The summed E-state index contributed by atoms with van der Waals surface area (Å²) in [5.74, 6) is 2.19.